The number of nitrogens with one attached hydrogen (secondary N) is 1. The minimum atomic E-state index is -0.154. The fourth-order valence-electron chi connectivity index (χ4n) is 2.02. The molecule has 5 heteroatoms. The lowest BCUT2D eigenvalue weighted by atomic mass is 10.0. The lowest BCUT2D eigenvalue weighted by molar-refractivity contribution is 0.0937. The van der Waals surface area contributed by atoms with E-state index in [4.69, 9.17) is 9.84 Å². The van der Waals surface area contributed by atoms with Gasteiger partial charge < -0.3 is 15.2 Å². The molecule has 1 fully saturated rings. The minimum absolute atomic E-state index is 0.116. The lowest BCUT2D eigenvalue weighted by Gasteiger charge is -2.15. The Kier molecular flexibility index (Phi) is 3.81. The molecule has 0 radical (unpaired) electrons. The third kappa shape index (κ3) is 2.79. The SMILES string of the molecule is COc1cnccc1C(=O)NCC1(CCO)CC1. The van der Waals surface area contributed by atoms with Crippen LogP contribution in [0.25, 0.3) is 0 Å². The molecule has 0 bridgehead atoms. The summed E-state index contributed by atoms with van der Waals surface area (Å²) in [5, 5.41) is 11.9. The molecule has 0 spiro atoms. The summed E-state index contributed by atoms with van der Waals surface area (Å²) >= 11 is 0. The van der Waals surface area contributed by atoms with Gasteiger partial charge in [0.25, 0.3) is 5.91 Å². The van der Waals surface area contributed by atoms with Gasteiger partial charge in [-0.1, -0.05) is 0 Å². The molecule has 1 heterocycles. The Labute approximate surface area is 106 Å². The molecule has 0 aromatic carbocycles. The van der Waals surface area contributed by atoms with Crippen LogP contribution in [0.3, 0.4) is 0 Å². The van der Waals surface area contributed by atoms with Crippen molar-refractivity contribution in [2.24, 2.45) is 5.41 Å². The number of hydrogen-bond acceptors (Lipinski definition) is 4. The van der Waals surface area contributed by atoms with E-state index in [2.05, 4.69) is 10.3 Å². The van der Waals surface area contributed by atoms with Crippen LogP contribution in [0, 0.1) is 5.41 Å². The Balaban J connectivity index is 1.96. The molecule has 0 saturated heterocycles. The summed E-state index contributed by atoms with van der Waals surface area (Å²) < 4.78 is 5.10. The van der Waals surface area contributed by atoms with Crippen molar-refractivity contribution in [2.75, 3.05) is 20.3 Å². The second-order valence-electron chi connectivity index (χ2n) is 4.73. The number of methoxy groups -OCH3 is 1. The smallest absolute Gasteiger partial charge is 0.255 e. The monoisotopic (exact) mass is 250 g/mol. The quantitative estimate of drug-likeness (QED) is 0.789. The second-order valence-corrected chi connectivity index (χ2v) is 4.73. The van der Waals surface area contributed by atoms with Crippen LogP contribution in [0.1, 0.15) is 29.6 Å². The molecule has 5 nitrogen and oxygen atoms in total. The van der Waals surface area contributed by atoms with E-state index in [0.29, 0.717) is 17.9 Å². The molecule has 1 aliphatic carbocycles. The standard InChI is InChI=1S/C13H18N2O3/c1-18-11-8-14-6-2-10(11)12(17)15-9-13(3-4-13)5-7-16/h2,6,8,16H,3-5,7,9H2,1H3,(H,15,17). The largest absolute Gasteiger partial charge is 0.494 e. The van der Waals surface area contributed by atoms with Crippen molar-refractivity contribution in [3.8, 4) is 5.75 Å². The number of nitrogens with zero attached hydrogens (tertiary/aromatic N) is 1. The number of aromatic nitrogens is 1. The van der Waals surface area contributed by atoms with Gasteiger partial charge in [0.05, 0.1) is 18.9 Å². The molecule has 0 unspecified atom stereocenters. The summed E-state index contributed by atoms with van der Waals surface area (Å²) in [7, 11) is 1.52. The van der Waals surface area contributed by atoms with Crippen molar-refractivity contribution in [3.05, 3.63) is 24.0 Å². The molecule has 0 aliphatic heterocycles. The number of aliphatic hydroxyl groups is 1. The molecule has 1 amide bonds. The molecule has 2 rings (SSSR count). The van der Waals surface area contributed by atoms with Crippen LogP contribution in [-0.2, 0) is 0 Å². The normalized spacial score (nSPS) is 16.1. The number of rotatable bonds is 6. The summed E-state index contributed by atoms with van der Waals surface area (Å²) in [5.41, 5.74) is 0.609. The van der Waals surface area contributed by atoms with E-state index in [1.807, 2.05) is 0 Å². The average Bonchev–Trinajstić information content (AvgIpc) is 3.16. The number of hydrogen-bond donors (Lipinski definition) is 2. The van der Waals surface area contributed by atoms with E-state index >= 15 is 0 Å². The number of amides is 1. The van der Waals surface area contributed by atoms with Crippen LogP contribution in [0.15, 0.2) is 18.5 Å². The molecule has 2 N–H and O–H groups in total. The first kappa shape index (κ1) is 12.8. The summed E-state index contributed by atoms with van der Waals surface area (Å²) in [6.45, 7) is 0.784. The molecule has 98 valence electrons. The lowest BCUT2D eigenvalue weighted by Crippen LogP contribution is -2.31. The van der Waals surface area contributed by atoms with Crippen molar-refractivity contribution in [1.82, 2.24) is 10.3 Å². The van der Waals surface area contributed by atoms with Gasteiger partial charge in [-0.15, -0.1) is 0 Å². The summed E-state index contributed by atoms with van der Waals surface area (Å²) in [6, 6.07) is 1.64. The predicted octanol–water partition coefficient (Wildman–Crippen LogP) is 0.983. The Bertz CT molecular complexity index is 430. The second kappa shape index (κ2) is 5.35. The fraction of sp³-hybridized carbons (Fsp3) is 0.538. The number of carbonyl (C=O) groups excluding carboxylic acids is 1. The first-order valence-electron chi connectivity index (χ1n) is 6.08. The first-order valence-corrected chi connectivity index (χ1v) is 6.08. The maximum atomic E-state index is 12.0. The highest BCUT2D eigenvalue weighted by molar-refractivity contribution is 5.96. The van der Waals surface area contributed by atoms with Gasteiger partial charge in [-0.05, 0) is 30.7 Å². The van der Waals surface area contributed by atoms with Gasteiger partial charge in [0.1, 0.15) is 5.75 Å². The maximum absolute atomic E-state index is 12.0. The van der Waals surface area contributed by atoms with E-state index < -0.39 is 0 Å². The van der Waals surface area contributed by atoms with Gasteiger partial charge in [0.2, 0.25) is 0 Å². The molecule has 0 atom stereocenters. The first-order chi connectivity index (χ1) is 8.71. The Morgan fingerprint density at radius 2 is 2.39 bits per heavy atom. The zero-order valence-corrected chi connectivity index (χ0v) is 10.5. The Morgan fingerprint density at radius 3 is 3.00 bits per heavy atom. The topological polar surface area (TPSA) is 71.5 Å². The Morgan fingerprint density at radius 1 is 1.61 bits per heavy atom. The van der Waals surface area contributed by atoms with Crippen molar-refractivity contribution in [1.29, 1.82) is 0 Å². The molecule has 1 aliphatic rings. The highest BCUT2D eigenvalue weighted by Crippen LogP contribution is 2.47. The summed E-state index contributed by atoms with van der Waals surface area (Å²) in [4.78, 5) is 15.9. The molecular formula is C13H18N2O3. The zero-order chi connectivity index (χ0) is 13.0. The fourth-order valence-corrected chi connectivity index (χ4v) is 2.02. The van der Waals surface area contributed by atoms with E-state index in [1.165, 1.54) is 13.3 Å². The maximum Gasteiger partial charge on any atom is 0.255 e. The number of carbonyl (C=O) groups is 1. The summed E-state index contributed by atoms with van der Waals surface area (Å²) in [5.74, 6) is 0.320. The highest BCUT2D eigenvalue weighted by Gasteiger charge is 2.41. The zero-order valence-electron chi connectivity index (χ0n) is 10.5. The van der Waals surface area contributed by atoms with Crippen LogP contribution >= 0.6 is 0 Å². The van der Waals surface area contributed by atoms with Gasteiger partial charge in [0.15, 0.2) is 0 Å². The van der Waals surface area contributed by atoms with E-state index in [0.717, 1.165) is 19.3 Å². The number of pyridine rings is 1. The number of ether oxygens (including phenoxy) is 1. The molecule has 1 saturated carbocycles. The van der Waals surface area contributed by atoms with Gasteiger partial charge >= 0.3 is 0 Å². The third-order valence-electron chi connectivity index (χ3n) is 3.47. The van der Waals surface area contributed by atoms with E-state index in [1.54, 1.807) is 12.3 Å². The van der Waals surface area contributed by atoms with Crippen LogP contribution < -0.4 is 10.1 Å². The summed E-state index contributed by atoms with van der Waals surface area (Å²) in [6.07, 6.45) is 5.98. The van der Waals surface area contributed by atoms with Crippen molar-refractivity contribution < 1.29 is 14.6 Å². The molecule has 18 heavy (non-hydrogen) atoms. The van der Waals surface area contributed by atoms with Gasteiger partial charge in [-0.3, -0.25) is 9.78 Å². The molecule has 1 aromatic rings. The minimum Gasteiger partial charge on any atom is -0.494 e. The predicted molar refractivity (Wildman–Crippen MR) is 66.5 cm³/mol. The average molecular weight is 250 g/mol. The van der Waals surface area contributed by atoms with Crippen molar-refractivity contribution >= 4 is 5.91 Å². The molecule has 1 aromatic heterocycles. The molecular weight excluding hydrogens is 232 g/mol. The van der Waals surface area contributed by atoms with Crippen LogP contribution in [0.4, 0.5) is 0 Å². The van der Waals surface area contributed by atoms with E-state index in [-0.39, 0.29) is 17.9 Å². The van der Waals surface area contributed by atoms with Gasteiger partial charge in [-0.2, -0.15) is 0 Å². The van der Waals surface area contributed by atoms with Crippen molar-refractivity contribution in [2.45, 2.75) is 19.3 Å². The van der Waals surface area contributed by atoms with Gasteiger partial charge in [-0.25, -0.2) is 0 Å². The number of aliphatic hydroxyl groups excluding tert-OH is 1. The van der Waals surface area contributed by atoms with Crippen LogP contribution in [0.5, 0.6) is 5.75 Å². The van der Waals surface area contributed by atoms with Gasteiger partial charge in [0, 0.05) is 19.3 Å². The van der Waals surface area contributed by atoms with Crippen molar-refractivity contribution in [3.63, 3.8) is 0 Å². The highest BCUT2D eigenvalue weighted by atomic mass is 16.5. The third-order valence-corrected chi connectivity index (χ3v) is 3.47. The Hall–Kier alpha value is -1.62. The van der Waals surface area contributed by atoms with E-state index in [9.17, 15) is 4.79 Å². The van der Waals surface area contributed by atoms with Crippen LogP contribution in [-0.4, -0.2) is 36.3 Å². The van der Waals surface area contributed by atoms with Crippen LogP contribution in [0.2, 0.25) is 0 Å².